The van der Waals surface area contributed by atoms with Crippen molar-refractivity contribution in [1.29, 1.82) is 0 Å². The fourth-order valence-corrected chi connectivity index (χ4v) is 3.13. The molecule has 2 aromatic heterocycles. The number of carbonyl (C=O) groups excluding carboxylic acids is 2. The molecule has 136 valence electrons. The number of amides is 1. The smallest absolute Gasteiger partial charge is 0.354 e. The Kier molecular flexibility index (Phi) is 4.84. The lowest BCUT2D eigenvalue weighted by Gasteiger charge is -2.22. The molecule has 0 N–H and O–H groups in total. The fraction of sp³-hybridized carbons (Fsp3) is 0.300. The van der Waals surface area contributed by atoms with Crippen LogP contribution in [0, 0.1) is 13.8 Å². The Labute approximate surface area is 151 Å². The maximum Gasteiger partial charge on any atom is 0.354 e. The van der Waals surface area contributed by atoms with Crippen LogP contribution in [0.2, 0.25) is 0 Å². The number of ether oxygens (including phenoxy) is 1. The molecule has 6 heteroatoms. The summed E-state index contributed by atoms with van der Waals surface area (Å²) in [7, 11) is 1.32. The normalized spacial score (nSPS) is 10.9. The van der Waals surface area contributed by atoms with Crippen LogP contribution in [0.1, 0.15) is 28.7 Å². The Bertz CT molecular complexity index is 968. The van der Waals surface area contributed by atoms with E-state index in [2.05, 4.69) is 0 Å². The van der Waals surface area contributed by atoms with Gasteiger partial charge < -0.3 is 18.6 Å². The van der Waals surface area contributed by atoms with E-state index in [1.165, 1.54) is 7.11 Å². The van der Waals surface area contributed by atoms with Crippen molar-refractivity contribution in [2.45, 2.75) is 27.3 Å². The molecule has 6 nitrogen and oxygen atoms in total. The first-order chi connectivity index (χ1) is 12.4. The van der Waals surface area contributed by atoms with E-state index in [0.717, 1.165) is 17.0 Å². The van der Waals surface area contributed by atoms with Gasteiger partial charge in [-0.15, -0.1) is 0 Å². The molecule has 0 saturated heterocycles. The van der Waals surface area contributed by atoms with E-state index in [9.17, 15) is 9.59 Å². The number of rotatable bonds is 5. The summed E-state index contributed by atoms with van der Waals surface area (Å²) >= 11 is 0. The molecule has 26 heavy (non-hydrogen) atoms. The highest BCUT2D eigenvalue weighted by Gasteiger charge is 2.23. The van der Waals surface area contributed by atoms with Gasteiger partial charge in [-0.05, 0) is 38.5 Å². The van der Waals surface area contributed by atoms with Crippen molar-refractivity contribution >= 4 is 28.7 Å². The molecule has 0 aliphatic rings. The molecular weight excluding hydrogens is 332 g/mol. The van der Waals surface area contributed by atoms with Gasteiger partial charge in [-0.25, -0.2) is 4.79 Å². The summed E-state index contributed by atoms with van der Waals surface area (Å²) in [4.78, 5) is 26.8. The van der Waals surface area contributed by atoms with E-state index >= 15 is 0 Å². The van der Waals surface area contributed by atoms with E-state index in [1.54, 1.807) is 15.5 Å². The molecule has 3 rings (SSSR count). The Morgan fingerprint density at radius 3 is 2.62 bits per heavy atom. The highest BCUT2D eigenvalue weighted by Crippen LogP contribution is 2.25. The second kappa shape index (κ2) is 7.07. The Morgan fingerprint density at radius 2 is 1.96 bits per heavy atom. The average Bonchev–Trinajstić information content (AvgIpc) is 3.12. The number of likely N-dealkylation sites (N-methyl/N-ethyl adjacent to an activating group) is 1. The molecule has 1 aromatic carbocycles. The van der Waals surface area contributed by atoms with Gasteiger partial charge in [0.2, 0.25) is 5.91 Å². The average molecular weight is 354 g/mol. The van der Waals surface area contributed by atoms with E-state index in [0.29, 0.717) is 23.3 Å². The highest BCUT2D eigenvalue weighted by atomic mass is 16.5. The highest BCUT2D eigenvalue weighted by molar-refractivity contribution is 5.98. The second-order valence-electron chi connectivity index (χ2n) is 6.19. The van der Waals surface area contributed by atoms with Gasteiger partial charge in [-0.2, -0.15) is 0 Å². The van der Waals surface area contributed by atoms with E-state index in [4.69, 9.17) is 9.15 Å². The summed E-state index contributed by atoms with van der Waals surface area (Å²) in [5, 5.41) is 0. The first-order valence-electron chi connectivity index (χ1n) is 8.49. The zero-order chi connectivity index (χ0) is 18.8. The van der Waals surface area contributed by atoms with Crippen LogP contribution in [-0.2, 0) is 16.1 Å². The molecule has 2 heterocycles. The first kappa shape index (κ1) is 17.8. The molecule has 1 amide bonds. The predicted octanol–water partition coefficient (Wildman–Crippen LogP) is 3.69. The van der Waals surface area contributed by atoms with Gasteiger partial charge >= 0.3 is 5.97 Å². The first-order valence-corrected chi connectivity index (χ1v) is 8.49. The monoisotopic (exact) mass is 354 g/mol. The van der Waals surface area contributed by atoms with Gasteiger partial charge in [0.25, 0.3) is 0 Å². The molecule has 0 aliphatic heterocycles. The minimum absolute atomic E-state index is 0.0225. The Morgan fingerprint density at radius 1 is 1.19 bits per heavy atom. The number of fused-ring (bicyclic) bond motifs is 1. The molecule has 0 aliphatic carbocycles. The molecular formula is C20H22N2O4. The van der Waals surface area contributed by atoms with Crippen molar-refractivity contribution in [3.05, 3.63) is 53.4 Å². The van der Waals surface area contributed by atoms with Gasteiger partial charge in [0, 0.05) is 24.4 Å². The maximum absolute atomic E-state index is 13.0. The van der Waals surface area contributed by atoms with Crippen LogP contribution in [-0.4, -0.2) is 30.1 Å². The minimum atomic E-state index is -0.500. The number of esters is 1. The molecule has 0 bridgehead atoms. The largest absolute Gasteiger partial charge is 0.464 e. The summed E-state index contributed by atoms with van der Waals surface area (Å²) in [6.07, 6.45) is 0. The third-order valence-corrected chi connectivity index (χ3v) is 4.33. The lowest BCUT2D eigenvalue weighted by molar-refractivity contribution is -0.119. The summed E-state index contributed by atoms with van der Waals surface area (Å²) in [5.41, 5.74) is 3.49. The van der Waals surface area contributed by atoms with Crippen LogP contribution < -0.4 is 4.90 Å². The Hall–Kier alpha value is -3.02. The summed E-state index contributed by atoms with van der Waals surface area (Å²) in [6.45, 7) is 6.30. The number of carbonyl (C=O) groups is 2. The van der Waals surface area contributed by atoms with Crippen molar-refractivity contribution in [3.63, 3.8) is 0 Å². The number of benzene rings is 1. The summed E-state index contributed by atoms with van der Waals surface area (Å²) < 4.78 is 12.1. The zero-order valence-corrected chi connectivity index (χ0v) is 15.4. The Balaban J connectivity index is 1.98. The van der Waals surface area contributed by atoms with Crippen molar-refractivity contribution in [3.8, 4) is 0 Å². The van der Waals surface area contributed by atoms with E-state index in [-0.39, 0.29) is 12.5 Å². The quantitative estimate of drug-likeness (QED) is 0.656. The third kappa shape index (κ3) is 3.22. The molecule has 0 saturated carbocycles. The second-order valence-corrected chi connectivity index (χ2v) is 6.19. The fourth-order valence-electron chi connectivity index (χ4n) is 3.13. The van der Waals surface area contributed by atoms with Gasteiger partial charge in [0.1, 0.15) is 18.0 Å². The lowest BCUT2D eigenvalue weighted by Crippen LogP contribution is -2.34. The number of hydrogen-bond acceptors (Lipinski definition) is 4. The SMILES string of the molecule is CCN(C(=O)Cn1c(C(=O)OC)cc2oc(C)cc21)c1cccc(C)c1. The van der Waals surface area contributed by atoms with Crippen molar-refractivity contribution in [2.75, 3.05) is 18.6 Å². The van der Waals surface area contributed by atoms with Crippen LogP contribution in [0.4, 0.5) is 5.69 Å². The molecule has 0 fully saturated rings. The van der Waals surface area contributed by atoms with E-state index < -0.39 is 5.97 Å². The number of nitrogens with zero attached hydrogens (tertiary/aromatic N) is 2. The van der Waals surface area contributed by atoms with Crippen LogP contribution >= 0.6 is 0 Å². The van der Waals surface area contributed by atoms with Crippen LogP contribution in [0.25, 0.3) is 11.1 Å². The molecule has 0 atom stereocenters. The van der Waals surface area contributed by atoms with Gasteiger partial charge in [0.05, 0.1) is 12.6 Å². The molecule has 0 unspecified atom stereocenters. The minimum Gasteiger partial charge on any atom is -0.464 e. The van der Waals surface area contributed by atoms with Crippen LogP contribution in [0.5, 0.6) is 0 Å². The number of hydrogen-bond donors (Lipinski definition) is 0. The predicted molar refractivity (Wildman–Crippen MR) is 99.5 cm³/mol. The number of aryl methyl sites for hydroxylation is 2. The molecule has 0 radical (unpaired) electrons. The summed E-state index contributed by atoms with van der Waals surface area (Å²) in [5.74, 6) is 0.110. The molecule has 3 aromatic rings. The number of methoxy groups -OCH3 is 1. The molecule has 0 spiro atoms. The zero-order valence-electron chi connectivity index (χ0n) is 15.4. The van der Waals surface area contributed by atoms with Gasteiger partial charge in [-0.1, -0.05) is 12.1 Å². The number of aromatic nitrogens is 1. The third-order valence-electron chi connectivity index (χ3n) is 4.33. The maximum atomic E-state index is 13.0. The topological polar surface area (TPSA) is 64.7 Å². The van der Waals surface area contributed by atoms with Crippen molar-refractivity contribution < 1.29 is 18.7 Å². The van der Waals surface area contributed by atoms with Crippen molar-refractivity contribution in [2.24, 2.45) is 0 Å². The van der Waals surface area contributed by atoms with E-state index in [1.807, 2.05) is 51.1 Å². The van der Waals surface area contributed by atoms with Crippen LogP contribution in [0.15, 0.2) is 40.8 Å². The van der Waals surface area contributed by atoms with Gasteiger partial charge in [-0.3, -0.25) is 4.79 Å². The van der Waals surface area contributed by atoms with Gasteiger partial charge in [0.15, 0.2) is 5.58 Å². The van der Waals surface area contributed by atoms with Crippen molar-refractivity contribution in [1.82, 2.24) is 4.57 Å². The number of furan rings is 1. The van der Waals surface area contributed by atoms with Crippen LogP contribution in [0.3, 0.4) is 0 Å². The lowest BCUT2D eigenvalue weighted by atomic mass is 10.2. The number of anilines is 1. The summed E-state index contributed by atoms with van der Waals surface area (Å²) in [6, 6.07) is 11.2. The standard InChI is InChI=1S/C20H22N2O4/c1-5-21(15-8-6-7-13(2)9-15)19(23)12-22-16-10-14(3)26-18(16)11-17(22)20(24)25-4/h6-11H,5,12H2,1-4H3.